The SMILES string of the molecule is COCCNC(=O)c1cc(N(C)c2ccccc2)nc(C)n1. The van der Waals surface area contributed by atoms with Gasteiger partial charge in [0.25, 0.3) is 5.91 Å². The maximum Gasteiger partial charge on any atom is 0.270 e. The molecule has 1 heterocycles. The monoisotopic (exact) mass is 300 g/mol. The number of carbonyl (C=O) groups excluding carboxylic acids is 1. The normalized spacial score (nSPS) is 10.3. The van der Waals surface area contributed by atoms with Gasteiger partial charge in [-0.25, -0.2) is 9.97 Å². The first-order chi connectivity index (χ1) is 10.6. The number of nitrogens with zero attached hydrogens (tertiary/aromatic N) is 3. The molecule has 1 aromatic heterocycles. The molecule has 0 unspecified atom stereocenters. The number of nitrogens with one attached hydrogen (secondary N) is 1. The summed E-state index contributed by atoms with van der Waals surface area (Å²) in [6, 6.07) is 11.5. The summed E-state index contributed by atoms with van der Waals surface area (Å²) in [5.74, 6) is 0.998. The Balaban J connectivity index is 2.21. The van der Waals surface area contributed by atoms with E-state index in [1.807, 2.05) is 42.3 Å². The number of ether oxygens (including phenoxy) is 1. The third-order valence-corrected chi connectivity index (χ3v) is 3.14. The van der Waals surface area contributed by atoms with Crippen LogP contribution in [0, 0.1) is 6.92 Å². The number of aromatic nitrogens is 2. The van der Waals surface area contributed by atoms with Crippen LogP contribution in [0.5, 0.6) is 0 Å². The van der Waals surface area contributed by atoms with Gasteiger partial charge in [0.15, 0.2) is 0 Å². The van der Waals surface area contributed by atoms with E-state index in [2.05, 4.69) is 15.3 Å². The van der Waals surface area contributed by atoms with Gasteiger partial charge in [-0.15, -0.1) is 0 Å². The maximum absolute atomic E-state index is 12.1. The van der Waals surface area contributed by atoms with E-state index in [9.17, 15) is 4.79 Å². The lowest BCUT2D eigenvalue weighted by atomic mass is 10.3. The molecule has 1 aromatic carbocycles. The molecular weight excluding hydrogens is 280 g/mol. The number of hydrogen-bond donors (Lipinski definition) is 1. The molecule has 2 aromatic rings. The molecule has 0 aliphatic heterocycles. The van der Waals surface area contributed by atoms with Crippen molar-refractivity contribution < 1.29 is 9.53 Å². The summed E-state index contributed by atoms with van der Waals surface area (Å²) in [6.07, 6.45) is 0. The number of benzene rings is 1. The lowest BCUT2D eigenvalue weighted by Gasteiger charge is -2.19. The van der Waals surface area contributed by atoms with Gasteiger partial charge < -0.3 is 15.0 Å². The zero-order chi connectivity index (χ0) is 15.9. The summed E-state index contributed by atoms with van der Waals surface area (Å²) >= 11 is 0. The number of carbonyl (C=O) groups is 1. The van der Waals surface area contributed by atoms with Gasteiger partial charge in [0.2, 0.25) is 0 Å². The Labute approximate surface area is 130 Å². The minimum Gasteiger partial charge on any atom is -0.383 e. The van der Waals surface area contributed by atoms with Crippen LogP contribution in [-0.4, -0.2) is 43.2 Å². The highest BCUT2D eigenvalue weighted by Crippen LogP contribution is 2.21. The van der Waals surface area contributed by atoms with Crippen molar-refractivity contribution in [3.63, 3.8) is 0 Å². The van der Waals surface area contributed by atoms with Crippen LogP contribution in [0.25, 0.3) is 0 Å². The predicted octanol–water partition coefficient (Wildman–Crippen LogP) is 1.93. The molecular formula is C16H20N4O2. The van der Waals surface area contributed by atoms with Crippen LogP contribution in [0.4, 0.5) is 11.5 Å². The average Bonchev–Trinajstić information content (AvgIpc) is 2.54. The fourth-order valence-electron chi connectivity index (χ4n) is 1.98. The smallest absolute Gasteiger partial charge is 0.270 e. The third-order valence-electron chi connectivity index (χ3n) is 3.14. The van der Waals surface area contributed by atoms with Gasteiger partial charge in [0, 0.05) is 32.5 Å². The Bertz CT molecular complexity index is 631. The molecule has 0 saturated heterocycles. The number of para-hydroxylation sites is 1. The van der Waals surface area contributed by atoms with Crippen LogP contribution < -0.4 is 10.2 Å². The van der Waals surface area contributed by atoms with Crippen molar-refractivity contribution in [2.45, 2.75) is 6.92 Å². The van der Waals surface area contributed by atoms with Crippen LogP contribution in [0.1, 0.15) is 16.3 Å². The van der Waals surface area contributed by atoms with E-state index in [0.29, 0.717) is 30.5 Å². The summed E-state index contributed by atoms with van der Waals surface area (Å²) in [7, 11) is 3.50. The second-order valence-corrected chi connectivity index (χ2v) is 4.80. The van der Waals surface area contributed by atoms with Crippen molar-refractivity contribution >= 4 is 17.4 Å². The fraction of sp³-hybridized carbons (Fsp3) is 0.312. The standard InChI is InChI=1S/C16H20N4O2/c1-12-18-14(16(21)17-9-10-22-3)11-15(19-12)20(2)13-7-5-4-6-8-13/h4-8,11H,9-10H2,1-3H3,(H,17,21). The van der Waals surface area contributed by atoms with Crippen molar-refractivity contribution in [3.05, 3.63) is 47.9 Å². The molecule has 0 bridgehead atoms. The summed E-state index contributed by atoms with van der Waals surface area (Å²) in [6.45, 7) is 2.68. The Hall–Kier alpha value is -2.47. The van der Waals surface area contributed by atoms with E-state index < -0.39 is 0 Å². The number of aryl methyl sites for hydroxylation is 1. The van der Waals surface area contributed by atoms with Crippen LogP contribution in [-0.2, 0) is 4.74 Å². The highest BCUT2D eigenvalue weighted by molar-refractivity contribution is 5.93. The summed E-state index contributed by atoms with van der Waals surface area (Å²) in [4.78, 5) is 22.6. The molecule has 0 saturated carbocycles. The molecule has 0 aliphatic rings. The lowest BCUT2D eigenvalue weighted by Crippen LogP contribution is -2.28. The zero-order valence-electron chi connectivity index (χ0n) is 13.0. The third kappa shape index (κ3) is 4.02. The number of hydrogen-bond acceptors (Lipinski definition) is 5. The van der Waals surface area contributed by atoms with E-state index in [-0.39, 0.29) is 5.91 Å². The minimum absolute atomic E-state index is 0.231. The molecule has 0 radical (unpaired) electrons. The zero-order valence-corrected chi connectivity index (χ0v) is 13.0. The average molecular weight is 300 g/mol. The molecule has 22 heavy (non-hydrogen) atoms. The van der Waals surface area contributed by atoms with Gasteiger partial charge in [0.1, 0.15) is 17.3 Å². The van der Waals surface area contributed by atoms with Crippen molar-refractivity contribution in [1.82, 2.24) is 15.3 Å². The van der Waals surface area contributed by atoms with Crippen molar-refractivity contribution in [2.24, 2.45) is 0 Å². The van der Waals surface area contributed by atoms with Crippen molar-refractivity contribution in [1.29, 1.82) is 0 Å². The van der Waals surface area contributed by atoms with E-state index in [4.69, 9.17) is 4.74 Å². The first kappa shape index (κ1) is 15.9. The Morgan fingerprint density at radius 2 is 2.00 bits per heavy atom. The largest absolute Gasteiger partial charge is 0.383 e. The van der Waals surface area contributed by atoms with Gasteiger partial charge in [-0.1, -0.05) is 18.2 Å². The van der Waals surface area contributed by atoms with Crippen molar-refractivity contribution in [3.8, 4) is 0 Å². The summed E-state index contributed by atoms with van der Waals surface area (Å²) in [5, 5.41) is 2.76. The number of methoxy groups -OCH3 is 1. The molecule has 6 nitrogen and oxygen atoms in total. The topological polar surface area (TPSA) is 67.3 Å². The first-order valence-corrected chi connectivity index (χ1v) is 7.03. The van der Waals surface area contributed by atoms with E-state index in [0.717, 1.165) is 5.69 Å². The fourth-order valence-corrected chi connectivity index (χ4v) is 1.98. The molecule has 0 fully saturated rings. The second-order valence-electron chi connectivity index (χ2n) is 4.80. The van der Waals surface area contributed by atoms with E-state index in [1.165, 1.54) is 0 Å². The van der Waals surface area contributed by atoms with Gasteiger partial charge >= 0.3 is 0 Å². The minimum atomic E-state index is -0.231. The number of anilines is 2. The quantitative estimate of drug-likeness (QED) is 0.826. The Morgan fingerprint density at radius 1 is 1.27 bits per heavy atom. The Morgan fingerprint density at radius 3 is 2.68 bits per heavy atom. The van der Waals surface area contributed by atoms with Gasteiger partial charge in [-0.3, -0.25) is 4.79 Å². The molecule has 6 heteroatoms. The summed E-state index contributed by atoms with van der Waals surface area (Å²) < 4.78 is 4.92. The predicted molar refractivity (Wildman–Crippen MR) is 85.5 cm³/mol. The Kier molecular flexibility index (Phi) is 5.43. The van der Waals surface area contributed by atoms with Gasteiger partial charge in [-0.2, -0.15) is 0 Å². The summed E-state index contributed by atoms with van der Waals surface area (Å²) in [5.41, 5.74) is 1.34. The van der Waals surface area contributed by atoms with Crippen LogP contribution in [0.15, 0.2) is 36.4 Å². The molecule has 116 valence electrons. The number of amides is 1. The molecule has 1 N–H and O–H groups in total. The van der Waals surface area contributed by atoms with Crippen LogP contribution in [0.3, 0.4) is 0 Å². The molecule has 0 atom stereocenters. The highest BCUT2D eigenvalue weighted by atomic mass is 16.5. The van der Waals surface area contributed by atoms with Crippen LogP contribution >= 0.6 is 0 Å². The highest BCUT2D eigenvalue weighted by Gasteiger charge is 2.13. The van der Waals surface area contributed by atoms with Crippen molar-refractivity contribution in [2.75, 3.05) is 32.2 Å². The maximum atomic E-state index is 12.1. The lowest BCUT2D eigenvalue weighted by molar-refractivity contribution is 0.0931. The molecule has 1 amide bonds. The van der Waals surface area contributed by atoms with E-state index in [1.54, 1.807) is 20.1 Å². The molecule has 0 aliphatic carbocycles. The number of rotatable bonds is 6. The second kappa shape index (κ2) is 7.51. The molecule has 2 rings (SSSR count). The van der Waals surface area contributed by atoms with E-state index >= 15 is 0 Å². The van der Waals surface area contributed by atoms with Gasteiger partial charge in [0.05, 0.1) is 6.61 Å². The van der Waals surface area contributed by atoms with Gasteiger partial charge in [-0.05, 0) is 19.1 Å². The molecule has 0 spiro atoms. The first-order valence-electron chi connectivity index (χ1n) is 7.03. The van der Waals surface area contributed by atoms with Crippen LogP contribution in [0.2, 0.25) is 0 Å².